The van der Waals surface area contributed by atoms with Gasteiger partial charge in [-0.25, -0.2) is 0 Å². The van der Waals surface area contributed by atoms with Gasteiger partial charge in [0.15, 0.2) is 11.6 Å². The number of hydrogen-bond acceptors (Lipinski definition) is 2. The zero-order valence-corrected chi connectivity index (χ0v) is 21.7. The molecule has 2 heteroatoms. The van der Waals surface area contributed by atoms with Gasteiger partial charge in [-0.1, -0.05) is 146 Å². The Hall–Kier alpha value is -5.34. The van der Waals surface area contributed by atoms with Gasteiger partial charge >= 0.3 is 0 Å². The molecule has 0 bridgehead atoms. The van der Waals surface area contributed by atoms with Crippen molar-refractivity contribution in [3.8, 4) is 44.5 Å². The van der Waals surface area contributed by atoms with E-state index in [1.54, 1.807) is 12.1 Å². The minimum atomic E-state index is -0.127. The topological polar surface area (TPSA) is 34.1 Å². The Morgan fingerprint density at radius 2 is 0.475 bits per heavy atom. The Balaban J connectivity index is 1.77. The van der Waals surface area contributed by atoms with Crippen LogP contribution in [0.3, 0.4) is 0 Å². The van der Waals surface area contributed by atoms with Gasteiger partial charge in [-0.15, -0.1) is 0 Å². The van der Waals surface area contributed by atoms with Crippen LogP contribution in [0, 0.1) is 0 Å². The molecule has 0 amide bonds. The summed E-state index contributed by atoms with van der Waals surface area (Å²) in [5.74, 6) is -0.254. The molecular weight excluding hydrogens is 488 g/mol. The second-order valence-corrected chi connectivity index (χ2v) is 9.92. The summed E-state index contributed by atoms with van der Waals surface area (Å²) in [5, 5.41) is 0. The highest BCUT2D eigenvalue weighted by molar-refractivity contribution is 6.34. The van der Waals surface area contributed by atoms with E-state index >= 15 is 0 Å². The van der Waals surface area contributed by atoms with Gasteiger partial charge in [-0.05, 0) is 33.4 Å². The summed E-state index contributed by atoms with van der Waals surface area (Å²) in [7, 11) is 0. The molecule has 2 nitrogen and oxygen atoms in total. The third-order valence-corrected chi connectivity index (χ3v) is 7.62. The summed E-state index contributed by atoms with van der Waals surface area (Å²) in [6, 6.07) is 47.5. The molecule has 0 spiro atoms. The molecule has 6 aromatic rings. The van der Waals surface area contributed by atoms with Crippen molar-refractivity contribution in [2.24, 2.45) is 0 Å². The van der Waals surface area contributed by atoms with Crippen LogP contribution in [0.25, 0.3) is 44.5 Å². The summed E-state index contributed by atoms with van der Waals surface area (Å²) < 4.78 is 0. The normalized spacial score (nSPS) is 12.1. The van der Waals surface area contributed by atoms with Crippen LogP contribution >= 0.6 is 0 Å². The average molecular weight is 513 g/mol. The number of hydrogen-bond donors (Lipinski definition) is 0. The van der Waals surface area contributed by atoms with Gasteiger partial charge in [0.25, 0.3) is 0 Å². The first-order valence-electron chi connectivity index (χ1n) is 13.4. The lowest BCUT2D eigenvalue weighted by Gasteiger charge is -2.29. The van der Waals surface area contributed by atoms with E-state index in [-0.39, 0.29) is 11.6 Å². The van der Waals surface area contributed by atoms with Gasteiger partial charge in [0.2, 0.25) is 0 Å². The third-order valence-electron chi connectivity index (χ3n) is 7.62. The number of fused-ring (bicyclic) bond motifs is 2. The van der Waals surface area contributed by atoms with Gasteiger partial charge < -0.3 is 0 Å². The van der Waals surface area contributed by atoms with Crippen molar-refractivity contribution in [2.75, 3.05) is 0 Å². The fourth-order valence-corrected chi connectivity index (χ4v) is 5.93. The van der Waals surface area contributed by atoms with Gasteiger partial charge in [-0.3, -0.25) is 9.59 Å². The highest BCUT2D eigenvalue weighted by Crippen LogP contribution is 2.51. The van der Waals surface area contributed by atoms with E-state index in [0.717, 1.165) is 44.5 Å². The van der Waals surface area contributed by atoms with Gasteiger partial charge in [0.05, 0.1) is 0 Å². The van der Waals surface area contributed by atoms with E-state index in [1.165, 1.54) is 0 Å². The third kappa shape index (κ3) is 3.73. The van der Waals surface area contributed by atoms with Crippen LogP contribution in [0.5, 0.6) is 0 Å². The smallest absolute Gasteiger partial charge is 0.195 e. The molecule has 0 N–H and O–H groups in total. The molecule has 6 aromatic carbocycles. The highest BCUT2D eigenvalue weighted by Gasteiger charge is 2.38. The number of carbonyl (C=O) groups excluding carboxylic acids is 2. The summed E-state index contributed by atoms with van der Waals surface area (Å²) >= 11 is 0. The predicted octanol–water partition coefficient (Wildman–Crippen LogP) is 9.13. The Morgan fingerprint density at radius 1 is 0.250 bits per heavy atom. The molecule has 7 rings (SSSR count). The maximum Gasteiger partial charge on any atom is 0.195 e. The quantitative estimate of drug-likeness (QED) is 0.236. The molecule has 0 heterocycles. The molecule has 0 aliphatic heterocycles. The Labute approximate surface area is 233 Å². The van der Waals surface area contributed by atoms with Crippen molar-refractivity contribution in [3.05, 3.63) is 168 Å². The van der Waals surface area contributed by atoms with E-state index in [0.29, 0.717) is 22.3 Å². The van der Waals surface area contributed by atoms with Crippen LogP contribution in [0.4, 0.5) is 0 Å². The summed E-state index contributed by atoms with van der Waals surface area (Å²) in [4.78, 5) is 29.0. The first-order chi connectivity index (χ1) is 19.7. The predicted molar refractivity (Wildman–Crippen MR) is 161 cm³/mol. The molecule has 0 fully saturated rings. The van der Waals surface area contributed by atoms with Crippen molar-refractivity contribution in [1.82, 2.24) is 0 Å². The number of benzene rings is 6. The summed E-state index contributed by atoms with van der Waals surface area (Å²) in [6.45, 7) is 0. The second kappa shape index (κ2) is 9.76. The SMILES string of the molecule is O=C1c2ccccc2C(=O)c2c1c(-c1ccccc1)c(-c1ccccc1)c(-c1ccccc1)c2-c1ccccc1. The maximum atomic E-state index is 14.5. The number of carbonyl (C=O) groups is 2. The minimum Gasteiger partial charge on any atom is -0.289 e. The van der Waals surface area contributed by atoms with Crippen LogP contribution in [0.1, 0.15) is 31.8 Å². The second-order valence-electron chi connectivity index (χ2n) is 9.92. The van der Waals surface area contributed by atoms with Crippen LogP contribution in [0.15, 0.2) is 146 Å². The van der Waals surface area contributed by atoms with Crippen LogP contribution in [-0.2, 0) is 0 Å². The molecule has 0 atom stereocenters. The molecular formula is C38H24O2. The molecule has 188 valence electrons. The Morgan fingerprint density at radius 3 is 0.750 bits per heavy atom. The zero-order valence-electron chi connectivity index (χ0n) is 21.7. The van der Waals surface area contributed by atoms with Gasteiger partial charge in [0.1, 0.15) is 0 Å². The fraction of sp³-hybridized carbons (Fsp3) is 0. The lowest BCUT2D eigenvalue weighted by atomic mass is 9.71. The van der Waals surface area contributed by atoms with Crippen molar-refractivity contribution in [1.29, 1.82) is 0 Å². The monoisotopic (exact) mass is 512 g/mol. The van der Waals surface area contributed by atoms with Crippen LogP contribution in [-0.4, -0.2) is 11.6 Å². The molecule has 40 heavy (non-hydrogen) atoms. The summed E-state index contributed by atoms with van der Waals surface area (Å²) in [5.41, 5.74) is 9.04. The average Bonchev–Trinajstić information content (AvgIpc) is 3.04. The lowest BCUT2D eigenvalue weighted by Crippen LogP contribution is -2.24. The van der Waals surface area contributed by atoms with Crippen LogP contribution in [0.2, 0.25) is 0 Å². The van der Waals surface area contributed by atoms with Crippen LogP contribution < -0.4 is 0 Å². The highest BCUT2D eigenvalue weighted by atomic mass is 16.1. The standard InChI is InChI=1S/C38H24O2/c39-37-29-23-13-14-24-30(29)38(40)36-34(28-21-11-4-12-22-28)32(26-17-7-2-8-18-26)31(25-15-5-1-6-16-25)33(35(36)37)27-19-9-3-10-20-27/h1-24H. The molecule has 0 unspecified atom stereocenters. The molecule has 0 saturated carbocycles. The number of ketones is 2. The number of rotatable bonds is 4. The lowest BCUT2D eigenvalue weighted by molar-refractivity contribution is 0.0980. The minimum absolute atomic E-state index is 0.127. The molecule has 0 radical (unpaired) electrons. The van der Waals surface area contributed by atoms with Gasteiger partial charge in [0, 0.05) is 33.4 Å². The van der Waals surface area contributed by atoms with Crippen molar-refractivity contribution >= 4 is 11.6 Å². The summed E-state index contributed by atoms with van der Waals surface area (Å²) in [6.07, 6.45) is 0. The van der Waals surface area contributed by atoms with E-state index in [9.17, 15) is 9.59 Å². The van der Waals surface area contributed by atoms with Crippen molar-refractivity contribution in [2.45, 2.75) is 0 Å². The first-order valence-corrected chi connectivity index (χ1v) is 13.4. The van der Waals surface area contributed by atoms with E-state index in [2.05, 4.69) is 24.3 Å². The molecule has 0 aromatic heterocycles. The Bertz CT molecular complexity index is 1750. The van der Waals surface area contributed by atoms with Gasteiger partial charge in [-0.2, -0.15) is 0 Å². The first kappa shape index (κ1) is 23.8. The molecule has 1 aliphatic rings. The molecule has 1 aliphatic carbocycles. The maximum absolute atomic E-state index is 14.5. The van der Waals surface area contributed by atoms with Crippen molar-refractivity contribution in [3.63, 3.8) is 0 Å². The largest absolute Gasteiger partial charge is 0.289 e. The Kier molecular flexibility index (Phi) is 5.79. The van der Waals surface area contributed by atoms with Crippen molar-refractivity contribution < 1.29 is 9.59 Å². The van der Waals surface area contributed by atoms with E-state index in [1.807, 2.05) is 109 Å². The van der Waals surface area contributed by atoms with E-state index < -0.39 is 0 Å². The zero-order chi connectivity index (χ0) is 27.1. The fourth-order valence-electron chi connectivity index (χ4n) is 5.93. The molecule has 0 saturated heterocycles. The van der Waals surface area contributed by atoms with E-state index in [4.69, 9.17) is 0 Å².